The molecule has 6 nitrogen and oxygen atoms in total. The van der Waals surface area contributed by atoms with E-state index in [2.05, 4.69) is 11.1 Å². The van der Waals surface area contributed by atoms with Crippen molar-refractivity contribution >= 4 is 34.3 Å². The molecule has 7 heteroatoms. The highest BCUT2D eigenvalue weighted by molar-refractivity contribution is 7.99. The van der Waals surface area contributed by atoms with Crippen LogP contribution in [0.1, 0.15) is 17.5 Å². The predicted molar refractivity (Wildman–Crippen MR) is 116 cm³/mol. The van der Waals surface area contributed by atoms with Crippen molar-refractivity contribution in [2.45, 2.75) is 25.4 Å². The number of aryl methyl sites for hydroxylation is 2. The van der Waals surface area contributed by atoms with Crippen molar-refractivity contribution in [2.75, 3.05) is 17.2 Å². The van der Waals surface area contributed by atoms with Crippen LogP contribution in [0.15, 0.2) is 52.4 Å². The van der Waals surface area contributed by atoms with Crippen LogP contribution < -0.4 is 10.5 Å². The van der Waals surface area contributed by atoms with Crippen LogP contribution in [-0.4, -0.2) is 27.8 Å². The fourth-order valence-corrected chi connectivity index (χ4v) is 3.83. The molecule has 1 heterocycles. The molecule has 0 aliphatic rings. The average molecular weight is 407 g/mol. The van der Waals surface area contributed by atoms with E-state index >= 15 is 0 Å². The predicted octanol–water partition coefficient (Wildman–Crippen LogP) is 3.59. The number of carbonyl (C=O) groups is 1. The average Bonchev–Trinajstić information content (AvgIpc) is 2.72. The lowest BCUT2D eigenvalue weighted by Gasteiger charge is -2.22. The monoisotopic (exact) mass is 406 g/mol. The second-order valence-corrected chi connectivity index (χ2v) is 7.73. The van der Waals surface area contributed by atoms with Crippen molar-refractivity contribution < 1.29 is 4.79 Å². The van der Waals surface area contributed by atoms with E-state index in [0.717, 1.165) is 16.8 Å². The van der Waals surface area contributed by atoms with Crippen LogP contribution in [0.4, 0.5) is 5.69 Å². The first kappa shape index (κ1) is 20.6. The molecule has 1 aromatic heterocycles. The van der Waals surface area contributed by atoms with Gasteiger partial charge in [0.15, 0.2) is 5.16 Å². The molecule has 148 valence electrons. The highest BCUT2D eigenvalue weighted by Crippen LogP contribution is 2.22. The Hall–Kier alpha value is -3.11. The number of nitriles is 1. The Morgan fingerprint density at radius 3 is 2.69 bits per heavy atom. The van der Waals surface area contributed by atoms with Gasteiger partial charge in [0, 0.05) is 19.3 Å². The standard InChI is InChI=1S/C22H22N4O2S/c1-15-9-10-17(13-16(15)2)26(12-6-11-23)20(27)14-29-22-24-19-8-5-4-7-18(19)21(28)25(22)3/h4-5,7-10,13H,6,12,14H2,1-3H3. The zero-order valence-corrected chi connectivity index (χ0v) is 17.5. The molecule has 0 unspecified atom stereocenters. The van der Waals surface area contributed by atoms with Gasteiger partial charge < -0.3 is 4.90 Å². The molecule has 0 N–H and O–H groups in total. The maximum absolute atomic E-state index is 13.0. The van der Waals surface area contributed by atoms with Gasteiger partial charge in [0.1, 0.15) is 0 Å². The van der Waals surface area contributed by atoms with Gasteiger partial charge in [0.05, 0.1) is 29.1 Å². The van der Waals surface area contributed by atoms with E-state index < -0.39 is 0 Å². The van der Waals surface area contributed by atoms with Gasteiger partial charge in [-0.05, 0) is 49.2 Å². The van der Waals surface area contributed by atoms with Crippen LogP contribution in [0.5, 0.6) is 0 Å². The summed E-state index contributed by atoms with van der Waals surface area (Å²) in [6, 6.07) is 15.1. The quantitative estimate of drug-likeness (QED) is 0.462. The Bertz CT molecular complexity index is 1160. The Balaban J connectivity index is 1.84. The van der Waals surface area contributed by atoms with Crippen molar-refractivity contribution in [3.05, 3.63) is 63.9 Å². The van der Waals surface area contributed by atoms with Gasteiger partial charge >= 0.3 is 0 Å². The van der Waals surface area contributed by atoms with Gasteiger partial charge in [-0.2, -0.15) is 5.26 Å². The number of thioether (sulfide) groups is 1. The molecule has 0 saturated heterocycles. The van der Waals surface area contributed by atoms with E-state index in [0.29, 0.717) is 22.6 Å². The summed E-state index contributed by atoms with van der Waals surface area (Å²) in [5, 5.41) is 10.0. The lowest BCUT2D eigenvalue weighted by Crippen LogP contribution is -2.33. The molecule has 0 aliphatic carbocycles. The number of carbonyl (C=O) groups excluding carboxylic acids is 1. The minimum absolute atomic E-state index is 0.122. The SMILES string of the molecule is Cc1ccc(N(CCC#N)C(=O)CSc2nc3ccccc3c(=O)n2C)cc1C. The molecular weight excluding hydrogens is 384 g/mol. The molecule has 29 heavy (non-hydrogen) atoms. The number of hydrogen-bond donors (Lipinski definition) is 0. The molecule has 0 radical (unpaired) electrons. The fourth-order valence-electron chi connectivity index (χ4n) is 2.98. The van der Waals surface area contributed by atoms with E-state index in [9.17, 15) is 9.59 Å². The minimum atomic E-state index is -0.138. The number of aromatic nitrogens is 2. The lowest BCUT2D eigenvalue weighted by atomic mass is 10.1. The minimum Gasteiger partial charge on any atom is -0.311 e. The highest BCUT2D eigenvalue weighted by atomic mass is 32.2. The highest BCUT2D eigenvalue weighted by Gasteiger charge is 2.18. The van der Waals surface area contributed by atoms with Crippen molar-refractivity contribution in [1.82, 2.24) is 9.55 Å². The Morgan fingerprint density at radius 2 is 1.97 bits per heavy atom. The normalized spacial score (nSPS) is 10.7. The van der Waals surface area contributed by atoms with Gasteiger partial charge in [0.25, 0.3) is 5.56 Å². The molecule has 0 saturated carbocycles. The van der Waals surface area contributed by atoms with Crippen molar-refractivity contribution in [1.29, 1.82) is 5.26 Å². The van der Waals surface area contributed by atoms with Crippen LogP contribution >= 0.6 is 11.8 Å². The molecule has 0 aliphatic heterocycles. The largest absolute Gasteiger partial charge is 0.311 e. The van der Waals surface area contributed by atoms with Crippen molar-refractivity contribution in [2.24, 2.45) is 7.05 Å². The number of anilines is 1. The number of para-hydroxylation sites is 1. The summed E-state index contributed by atoms with van der Waals surface area (Å²) in [4.78, 5) is 31.7. The summed E-state index contributed by atoms with van der Waals surface area (Å²) in [5.41, 5.74) is 3.48. The molecule has 1 amide bonds. The second-order valence-electron chi connectivity index (χ2n) is 6.79. The third-order valence-electron chi connectivity index (χ3n) is 4.82. The second kappa shape index (κ2) is 8.93. The van der Waals surface area contributed by atoms with Crippen LogP contribution in [0, 0.1) is 25.2 Å². The Morgan fingerprint density at radius 1 is 1.21 bits per heavy atom. The van der Waals surface area contributed by atoms with Gasteiger partial charge in [-0.1, -0.05) is 30.0 Å². The van der Waals surface area contributed by atoms with Gasteiger partial charge in [-0.15, -0.1) is 0 Å². The summed E-state index contributed by atoms with van der Waals surface area (Å²) < 4.78 is 1.47. The van der Waals surface area contributed by atoms with Crippen molar-refractivity contribution in [3.63, 3.8) is 0 Å². The number of nitrogens with zero attached hydrogens (tertiary/aromatic N) is 4. The number of rotatable bonds is 6. The van der Waals surface area contributed by atoms with Gasteiger partial charge in [0.2, 0.25) is 5.91 Å². The summed E-state index contributed by atoms with van der Waals surface area (Å²) in [7, 11) is 1.66. The van der Waals surface area contributed by atoms with Gasteiger partial charge in [-0.3, -0.25) is 14.2 Å². The topological polar surface area (TPSA) is 79.0 Å². The third kappa shape index (κ3) is 4.49. The van der Waals surface area contributed by atoms with E-state index in [1.54, 1.807) is 30.1 Å². The first-order valence-electron chi connectivity index (χ1n) is 9.25. The lowest BCUT2D eigenvalue weighted by molar-refractivity contribution is -0.116. The first-order chi connectivity index (χ1) is 13.9. The first-order valence-corrected chi connectivity index (χ1v) is 10.2. The van der Waals surface area contributed by atoms with E-state index in [-0.39, 0.29) is 23.6 Å². The third-order valence-corrected chi connectivity index (χ3v) is 5.83. The van der Waals surface area contributed by atoms with E-state index in [4.69, 9.17) is 5.26 Å². The maximum atomic E-state index is 13.0. The zero-order chi connectivity index (χ0) is 21.0. The fraction of sp³-hybridized carbons (Fsp3) is 0.273. The van der Waals surface area contributed by atoms with Crippen LogP contribution in [0.2, 0.25) is 0 Å². The van der Waals surface area contributed by atoms with Crippen molar-refractivity contribution in [3.8, 4) is 6.07 Å². The molecule has 0 spiro atoms. The van der Waals surface area contributed by atoms with Crippen LogP contribution in [0.3, 0.4) is 0 Å². The summed E-state index contributed by atoms with van der Waals surface area (Å²) in [6.07, 6.45) is 0.246. The summed E-state index contributed by atoms with van der Waals surface area (Å²) in [5.74, 6) is -0.00679. The van der Waals surface area contributed by atoms with E-state index in [1.165, 1.54) is 16.3 Å². The molecule has 0 bridgehead atoms. The molecule has 3 aromatic rings. The zero-order valence-electron chi connectivity index (χ0n) is 16.7. The summed E-state index contributed by atoms with van der Waals surface area (Å²) in [6.45, 7) is 4.33. The smallest absolute Gasteiger partial charge is 0.261 e. The molecular formula is C22H22N4O2S. The van der Waals surface area contributed by atoms with Gasteiger partial charge in [-0.25, -0.2) is 4.98 Å². The van der Waals surface area contributed by atoms with E-state index in [1.807, 2.05) is 38.1 Å². The molecule has 0 atom stereocenters. The Kier molecular flexibility index (Phi) is 6.35. The molecule has 2 aromatic carbocycles. The maximum Gasteiger partial charge on any atom is 0.261 e. The van der Waals surface area contributed by atoms with Crippen LogP contribution in [-0.2, 0) is 11.8 Å². The number of hydrogen-bond acceptors (Lipinski definition) is 5. The Labute approximate surface area is 173 Å². The number of fused-ring (bicyclic) bond motifs is 1. The summed E-state index contributed by atoms with van der Waals surface area (Å²) >= 11 is 1.23. The molecule has 3 rings (SSSR count). The number of benzene rings is 2. The molecule has 0 fully saturated rings. The van der Waals surface area contributed by atoms with Crippen LogP contribution in [0.25, 0.3) is 10.9 Å². The number of amides is 1.